The monoisotopic (exact) mass is 409 g/mol. The van der Waals surface area contributed by atoms with Crippen LogP contribution < -0.4 is 19.7 Å². The summed E-state index contributed by atoms with van der Waals surface area (Å²) < 4.78 is 10.7. The number of hydrogen-bond donors (Lipinski definition) is 1. The molecule has 1 N–H and O–H groups in total. The van der Waals surface area contributed by atoms with E-state index >= 15 is 0 Å². The van der Waals surface area contributed by atoms with Gasteiger partial charge >= 0.3 is 0 Å². The number of ether oxygens (including phenoxy) is 2. The molecule has 1 saturated heterocycles. The zero-order valence-electron chi connectivity index (χ0n) is 17.3. The topological polar surface area (TPSA) is 71.1 Å². The van der Waals surface area contributed by atoms with Crippen molar-refractivity contribution in [2.75, 3.05) is 38.9 Å². The smallest absolute Gasteiger partial charge is 0.231 e. The Bertz CT molecular complexity index is 916. The van der Waals surface area contributed by atoms with Gasteiger partial charge < -0.3 is 24.6 Å². The number of carbonyl (C=O) groups excluding carboxylic acids is 2. The first kappa shape index (κ1) is 20.2. The van der Waals surface area contributed by atoms with Gasteiger partial charge in [0, 0.05) is 37.3 Å². The molecule has 1 fully saturated rings. The van der Waals surface area contributed by atoms with Crippen molar-refractivity contribution in [2.45, 2.75) is 18.9 Å². The predicted octanol–water partition coefficient (Wildman–Crippen LogP) is 2.06. The molecule has 2 atom stereocenters. The van der Waals surface area contributed by atoms with Gasteiger partial charge in [-0.05, 0) is 38.2 Å². The standard InChI is InChI=1S/C23H27N3O4/c1-25(2)19(10-16-6-4-3-5-7-16)13-24-23(28)17-11-22(27)26(14-17)18-8-9-20-21(12-18)30-15-29-20/h3-9,12,17,19H,10-11,13-15H2,1-2H3,(H,24,28)/t17-,19-/m0/s1. The Labute approximate surface area is 176 Å². The molecule has 2 aliphatic rings. The third kappa shape index (κ3) is 4.41. The molecule has 4 rings (SSSR count). The van der Waals surface area contributed by atoms with Gasteiger partial charge in [0.05, 0.1) is 5.92 Å². The van der Waals surface area contributed by atoms with Gasteiger partial charge in [0.2, 0.25) is 18.6 Å². The highest BCUT2D eigenvalue weighted by molar-refractivity contribution is 6.00. The Morgan fingerprint density at radius 3 is 2.70 bits per heavy atom. The van der Waals surface area contributed by atoms with Crippen molar-refractivity contribution < 1.29 is 19.1 Å². The molecule has 2 aliphatic heterocycles. The predicted molar refractivity (Wildman–Crippen MR) is 114 cm³/mol. The molecule has 2 aromatic carbocycles. The van der Waals surface area contributed by atoms with Crippen molar-refractivity contribution in [3.05, 3.63) is 54.1 Å². The lowest BCUT2D eigenvalue weighted by Crippen LogP contribution is -2.43. The van der Waals surface area contributed by atoms with Gasteiger partial charge in [-0.1, -0.05) is 30.3 Å². The molecule has 2 aromatic rings. The molecule has 0 bridgehead atoms. The van der Waals surface area contributed by atoms with E-state index in [1.165, 1.54) is 5.56 Å². The number of carbonyl (C=O) groups is 2. The summed E-state index contributed by atoms with van der Waals surface area (Å²) in [7, 11) is 4.03. The van der Waals surface area contributed by atoms with E-state index in [1.807, 2.05) is 38.4 Å². The average molecular weight is 409 g/mol. The highest BCUT2D eigenvalue weighted by atomic mass is 16.7. The highest BCUT2D eigenvalue weighted by Gasteiger charge is 2.35. The van der Waals surface area contributed by atoms with Crippen LogP contribution in [0.3, 0.4) is 0 Å². The first-order valence-electron chi connectivity index (χ1n) is 10.2. The molecule has 0 aromatic heterocycles. The first-order valence-corrected chi connectivity index (χ1v) is 10.2. The van der Waals surface area contributed by atoms with Crippen LogP contribution in [0.2, 0.25) is 0 Å². The van der Waals surface area contributed by atoms with Gasteiger partial charge in [-0.15, -0.1) is 0 Å². The van der Waals surface area contributed by atoms with Crippen LogP contribution in [0.25, 0.3) is 0 Å². The highest BCUT2D eigenvalue weighted by Crippen LogP contribution is 2.37. The van der Waals surface area contributed by atoms with Crippen LogP contribution in [0.5, 0.6) is 11.5 Å². The minimum atomic E-state index is -0.359. The quantitative estimate of drug-likeness (QED) is 0.758. The molecular weight excluding hydrogens is 382 g/mol. The largest absolute Gasteiger partial charge is 0.454 e. The molecule has 158 valence electrons. The Kier molecular flexibility index (Phi) is 5.90. The van der Waals surface area contributed by atoms with Crippen molar-refractivity contribution in [3.63, 3.8) is 0 Å². The maximum Gasteiger partial charge on any atom is 0.231 e. The maximum atomic E-state index is 12.8. The number of rotatable bonds is 7. The number of benzene rings is 2. The molecule has 0 spiro atoms. The lowest BCUT2D eigenvalue weighted by atomic mass is 10.0. The van der Waals surface area contributed by atoms with Gasteiger partial charge in [-0.25, -0.2) is 0 Å². The molecule has 0 radical (unpaired) electrons. The van der Waals surface area contributed by atoms with Gasteiger partial charge in [0.1, 0.15) is 0 Å². The zero-order chi connectivity index (χ0) is 21.1. The Morgan fingerprint density at radius 1 is 1.17 bits per heavy atom. The van der Waals surface area contributed by atoms with Crippen LogP contribution in [-0.2, 0) is 16.0 Å². The van der Waals surface area contributed by atoms with Crippen molar-refractivity contribution in [3.8, 4) is 11.5 Å². The van der Waals surface area contributed by atoms with Crippen molar-refractivity contribution in [1.29, 1.82) is 0 Å². The van der Waals surface area contributed by atoms with Gasteiger partial charge in [0.15, 0.2) is 11.5 Å². The zero-order valence-corrected chi connectivity index (χ0v) is 17.3. The number of nitrogens with one attached hydrogen (secondary N) is 1. The molecule has 2 amide bonds. The summed E-state index contributed by atoms with van der Waals surface area (Å²) in [6.45, 7) is 1.10. The minimum Gasteiger partial charge on any atom is -0.454 e. The fraction of sp³-hybridized carbons (Fsp3) is 0.391. The van der Waals surface area contributed by atoms with Crippen LogP contribution in [0.1, 0.15) is 12.0 Å². The average Bonchev–Trinajstić information content (AvgIpc) is 3.37. The van der Waals surface area contributed by atoms with Crippen LogP contribution in [0.15, 0.2) is 48.5 Å². The molecule has 30 heavy (non-hydrogen) atoms. The van der Waals surface area contributed by atoms with Crippen molar-refractivity contribution in [2.24, 2.45) is 5.92 Å². The number of likely N-dealkylation sites (N-methyl/N-ethyl adjacent to an activating group) is 1. The Morgan fingerprint density at radius 2 is 1.93 bits per heavy atom. The lowest BCUT2D eigenvalue weighted by molar-refractivity contribution is -0.126. The van der Waals surface area contributed by atoms with E-state index in [9.17, 15) is 9.59 Å². The molecule has 0 unspecified atom stereocenters. The van der Waals surface area contributed by atoms with Crippen LogP contribution in [0, 0.1) is 5.92 Å². The third-order valence-electron chi connectivity index (χ3n) is 5.72. The van der Waals surface area contributed by atoms with E-state index in [1.54, 1.807) is 17.0 Å². The van der Waals surface area contributed by atoms with Crippen LogP contribution in [-0.4, -0.2) is 56.7 Å². The normalized spacial score (nSPS) is 18.7. The minimum absolute atomic E-state index is 0.0533. The first-order chi connectivity index (χ1) is 14.5. The molecule has 7 heteroatoms. The number of anilines is 1. The molecule has 2 heterocycles. The molecular formula is C23H27N3O4. The summed E-state index contributed by atoms with van der Waals surface area (Å²) in [5.41, 5.74) is 1.96. The summed E-state index contributed by atoms with van der Waals surface area (Å²) in [4.78, 5) is 29.1. The van der Waals surface area contributed by atoms with E-state index in [0.29, 0.717) is 24.6 Å². The summed E-state index contributed by atoms with van der Waals surface area (Å²) in [6, 6.07) is 15.8. The van der Waals surface area contributed by atoms with E-state index in [4.69, 9.17) is 9.47 Å². The fourth-order valence-electron chi connectivity index (χ4n) is 3.87. The summed E-state index contributed by atoms with van der Waals surface area (Å²) in [6.07, 6.45) is 1.06. The number of nitrogens with zero attached hydrogens (tertiary/aromatic N) is 2. The fourth-order valence-corrected chi connectivity index (χ4v) is 3.87. The second-order valence-electron chi connectivity index (χ2n) is 8.00. The van der Waals surface area contributed by atoms with E-state index in [-0.39, 0.29) is 37.0 Å². The van der Waals surface area contributed by atoms with Gasteiger partial charge in [-0.3, -0.25) is 9.59 Å². The Hall–Kier alpha value is -3.06. The second kappa shape index (κ2) is 8.75. The number of amides is 2. The van der Waals surface area contributed by atoms with Crippen LogP contribution in [0.4, 0.5) is 5.69 Å². The van der Waals surface area contributed by atoms with Gasteiger partial charge in [0.25, 0.3) is 0 Å². The molecule has 7 nitrogen and oxygen atoms in total. The van der Waals surface area contributed by atoms with Crippen molar-refractivity contribution in [1.82, 2.24) is 10.2 Å². The van der Waals surface area contributed by atoms with Crippen LogP contribution >= 0.6 is 0 Å². The SMILES string of the molecule is CN(C)[C@H](CNC(=O)[C@H]1CC(=O)N(c2ccc3c(c2)OCO3)C1)Cc1ccccc1. The Balaban J connectivity index is 1.35. The lowest BCUT2D eigenvalue weighted by Gasteiger charge is -2.25. The van der Waals surface area contributed by atoms with Crippen molar-refractivity contribution >= 4 is 17.5 Å². The second-order valence-corrected chi connectivity index (χ2v) is 8.00. The summed E-state index contributed by atoms with van der Waals surface area (Å²) in [5, 5.41) is 3.06. The van der Waals surface area contributed by atoms with E-state index in [0.717, 1.165) is 12.1 Å². The third-order valence-corrected chi connectivity index (χ3v) is 5.72. The molecule has 0 saturated carbocycles. The van der Waals surface area contributed by atoms with E-state index in [2.05, 4.69) is 22.3 Å². The number of fused-ring (bicyclic) bond motifs is 1. The number of hydrogen-bond acceptors (Lipinski definition) is 5. The molecule has 0 aliphatic carbocycles. The van der Waals surface area contributed by atoms with Gasteiger partial charge in [-0.2, -0.15) is 0 Å². The summed E-state index contributed by atoms with van der Waals surface area (Å²) in [5.74, 6) is 0.812. The maximum absolute atomic E-state index is 12.8. The van der Waals surface area contributed by atoms with E-state index < -0.39 is 0 Å². The summed E-state index contributed by atoms with van der Waals surface area (Å²) >= 11 is 0.